The Morgan fingerprint density at radius 2 is 1.90 bits per heavy atom. The molecule has 3 aromatic rings. The van der Waals surface area contributed by atoms with Crippen molar-refractivity contribution in [3.63, 3.8) is 0 Å². The number of halogens is 1. The molecule has 0 unspecified atom stereocenters. The molecule has 2 aromatic carbocycles. The number of rotatable bonds is 6. The summed E-state index contributed by atoms with van der Waals surface area (Å²) >= 11 is 7.24. The zero-order chi connectivity index (χ0) is 22.4. The van der Waals surface area contributed by atoms with Crippen molar-refractivity contribution in [2.24, 2.45) is 0 Å². The summed E-state index contributed by atoms with van der Waals surface area (Å²) in [5, 5.41) is 0.564. The lowest BCUT2D eigenvalue weighted by molar-refractivity contribution is -0.135. The van der Waals surface area contributed by atoms with Gasteiger partial charge in [0, 0.05) is 5.02 Å². The molecule has 0 radical (unpaired) electrons. The van der Waals surface area contributed by atoms with E-state index in [4.69, 9.17) is 21.1 Å². The Balaban J connectivity index is 2.07. The molecule has 0 aliphatic carbocycles. The van der Waals surface area contributed by atoms with Crippen LogP contribution in [-0.2, 0) is 20.8 Å². The molecular weight excluding hydrogens is 438 g/mol. The highest BCUT2D eigenvalue weighted by atomic mass is 35.5. The fourth-order valence-electron chi connectivity index (χ4n) is 2.87. The molecule has 0 amide bonds. The standard InChI is InChI=1S/C23H20ClNO5S/c1-3-30-21(26)13-20-25(14-15-7-9-17(10-8-15)23(28)29-2)22(27)19(31-20)12-16-5-4-6-18(24)11-16/h4-13H,3,14H2,1-2H3. The quantitative estimate of drug-likeness (QED) is 0.532. The van der Waals surface area contributed by atoms with E-state index in [0.29, 0.717) is 19.8 Å². The van der Waals surface area contributed by atoms with Crippen LogP contribution in [0.2, 0.25) is 5.02 Å². The highest BCUT2D eigenvalue weighted by Gasteiger charge is 2.10. The largest absolute Gasteiger partial charge is 0.465 e. The fourth-order valence-corrected chi connectivity index (χ4v) is 4.10. The summed E-state index contributed by atoms with van der Waals surface area (Å²) in [4.78, 5) is 36.8. The van der Waals surface area contributed by atoms with Gasteiger partial charge in [-0.05, 0) is 48.4 Å². The first kappa shape index (κ1) is 22.5. The topological polar surface area (TPSA) is 74.6 Å². The molecule has 0 aliphatic rings. The van der Waals surface area contributed by atoms with E-state index in [1.807, 2.05) is 6.07 Å². The van der Waals surface area contributed by atoms with Crippen molar-refractivity contribution in [1.29, 1.82) is 0 Å². The zero-order valence-corrected chi connectivity index (χ0v) is 18.5. The molecule has 160 valence electrons. The molecule has 1 heterocycles. The lowest BCUT2D eigenvalue weighted by Crippen LogP contribution is -2.32. The number of hydrogen-bond donors (Lipinski definition) is 0. The van der Waals surface area contributed by atoms with Crippen molar-refractivity contribution in [2.75, 3.05) is 13.7 Å². The summed E-state index contributed by atoms with van der Waals surface area (Å²) in [6.45, 7) is 2.18. The molecule has 0 spiro atoms. The number of ether oxygens (including phenoxy) is 2. The predicted octanol–water partition coefficient (Wildman–Crippen LogP) is 2.57. The van der Waals surface area contributed by atoms with Crippen LogP contribution in [0.3, 0.4) is 0 Å². The number of nitrogens with zero attached hydrogens (tertiary/aromatic N) is 1. The maximum atomic E-state index is 13.1. The van der Waals surface area contributed by atoms with E-state index < -0.39 is 11.9 Å². The van der Waals surface area contributed by atoms with Crippen molar-refractivity contribution >= 4 is 47.0 Å². The molecule has 0 atom stereocenters. The van der Waals surface area contributed by atoms with Crippen LogP contribution in [0.5, 0.6) is 0 Å². The van der Waals surface area contributed by atoms with Crippen molar-refractivity contribution in [3.8, 4) is 0 Å². The van der Waals surface area contributed by atoms with Crippen molar-refractivity contribution in [2.45, 2.75) is 13.5 Å². The second-order valence-electron chi connectivity index (χ2n) is 6.48. The minimum atomic E-state index is -0.521. The van der Waals surface area contributed by atoms with Gasteiger partial charge < -0.3 is 9.47 Å². The first-order valence-corrected chi connectivity index (χ1v) is 10.6. The Morgan fingerprint density at radius 3 is 2.55 bits per heavy atom. The van der Waals surface area contributed by atoms with Gasteiger partial charge in [0.25, 0.3) is 5.56 Å². The van der Waals surface area contributed by atoms with Gasteiger partial charge >= 0.3 is 11.9 Å². The van der Waals surface area contributed by atoms with Gasteiger partial charge in [0.15, 0.2) is 0 Å². The van der Waals surface area contributed by atoms with Gasteiger partial charge in [0.05, 0.1) is 36.4 Å². The summed E-state index contributed by atoms with van der Waals surface area (Å²) in [7, 11) is 1.32. The van der Waals surface area contributed by atoms with Crippen LogP contribution in [0.4, 0.5) is 0 Å². The first-order valence-electron chi connectivity index (χ1n) is 9.44. The average Bonchev–Trinajstić information content (AvgIpc) is 3.02. The summed E-state index contributed by atoms with van der Waals surface area (Å²) in [5.41, 5.74) is 1.75. The van der Waals surface area contributed by atoms with E-state index in [2.05, 4.69) is 0 Å². The second kappa shape index (κ2) is 10.2. The minimum Gasteiger partial charge on any atom is -0.465 e. The SMILES string of the molecule is CCOC(=O)C=c1sc(=Cc2cccc(Cl)c2)c(=O)n1Cc1ccc(C(=O)OC)cc1. The van der Waals surface area contributed by atoms with Gasteiger partial charge in [0.2, 0.25) is 0 Å². The van der Waals surface area contributed by atoms with Gasteiger partial charge in [-0.3, -0.25) is 9.36 Å². The summed E-state index contributed by atoms with van der Waals surface area (Å²) < 4.78 is 12.1. The smallest absolute Gasteiger partial charge is 0.337 e. The minimum absolute atomic E-state index is 0.228. The number of aromatic nitrogens is 1. The lowest BCUT2D eigenvalue weighted by Gasteiger charge is -2.04. The van der Waals surface area contributed by atoms with E-state index in [-0.39, 0.29) is 18.7 Å². The van der Waals surface area contributed by atoms with Crippen LogP contribution in [-0.4, -0.2) is 30.2 Å². The maximum Gasteiger partial charge on any atom is 0.337 e. The van der Waals surface area contributed by atoms with Crippen molar-refractivity contribution in [1.82, 2.24) is 4.57 Å². The first-order chi connectivity index (χ1) is 14.9. The maximum absolute atomic E-state index is 13.1. The highest BCUT2D eigenvalue weighted by molar-refractivity contribution is 7.07. The van der Waals surface area contributed by atoms with E-state index >= 15 is 0 Å². The van der Waals surface area contributed by atoms with Crippen molar-refractivity contribution in [3.05, 3.63) is 89.8 Å². The monoisotopic (exact) mass is 457 g/mol. The number of esters is 2. The summed E-state index contributed by atoms with van der Waals surface area (Å²) in [6, 6.07) is 13.9. The van der Waals surface area contributed by atoms with Crippen LogP contribution in [0.25, 0.3) is 12.2 Å². The molecule has 1 aromatic heterocycles. The molecule has 8 heteroatoms. The number of benzene rings is 2. The molecule has 0 saturated heterocycles. The number of methoxy groups -OCH3 is 1. The Labute approximate surface area is 187 Å². The molecule has 0 aliphatic heterocycles. The number of hydrogen-bond acceptors (Lipinski definition) is 6. The van der Waals surface area contributed by atoms with E-state index in [1.165, 1.54) is 29.1 Å². The molecule has 0 N–H and O–H groups in total. The van der Waals surface area contributed by atoms with Crippen LogP contribution in [0, 0.1) is 0 Å². The Morgan fingerprint density at radius 1 is 1.16 bits per heavy atom. The molecular formula is C23H20ClNO5S. The average molecular weight is 458 g/mol. The summed E-state index contributed by atoms with van der Waals surface area (Å²) in [5.74, 6) is -0.957. The van der Waals surface area contributed by atoms with Crippen molar-refractivity contribution < 1.29 is 19.1 Å². The molecule has 31 heavy (non-hydrogen) atoms. The number of carbonyl (C=O) groups excluding carboxylic acids is 2. The third-order valence-electron chi connectivity index (χ3n) is 4.33. The predicted molar refractivity (Wildman–Crippen MR) is 121 cm³/mol. The van der Waals surface area contributed by atoms with Crippen LogP contribution >= 0.6 is 22.9 Å². The molecule has 3 rings (SSSR count). The van der Waals surface area contributed by atoms with E-state index in [1.54, 1.807) is 55.5 Å². The van der Waals surface area contributed by atoms with Gasteiger partial charge in [-0.25, -0.2) is 9.59 Å². The summed E-state index contributed by atoms with van der Waals surface area (Å²) in [6.07, 6.45) is 3.05. The highest BCUT2D eigenvalue weighted by Crippen LogP contribution is 2.11. The second-order valence-corrected chi connectivity index (χ2v) is 7.98. The fraction of sp³-hybridized carbons (Fsp3) is 0.174. The van der Waals surface area contributed by atoms with Gasteiger partial charge in [-0.2, -0.15) is 0 Å². The number of carbonyl (C=O) groups is 2. The zero-order valence-electron chi connectivity index (χ0n) is 17.0. The Kier molecular flexibility index (Phi) is 7.44. The normalized spacial score (nSPS) is 12.1. The van der Waals surface area contributed by atoms with E-state index in [0.717, 1.165) is 11.1 Å². The van der Waals surface area contributed by atoms with Crippen LogP contribution in [0.15, 0.2) is 53.3 Å². The molecule has 0 saturated carbocycles. The molecule has 6 nitrogen and oxygen atoms in total. The van der Waals surface area contributed by atoms with Gasteiger partial charge in [-0.1, -0.05) is 35.9 Å². The molecule has 0 fully saturated rings. The van der Waals surface area contributed by atoms with Crippen LogP contribution in [0.1, 0.15) is 28.4 Å². The van der Waals surface area contributed by atoms with E-state index in [9.17, 15) is 14.4 Å². The van der Waals surface area contributed by atoms with Gasteiger partial charge in [-0.15, -0.1) is 11.3 Å². The van der Waals surface area contributed by atoms with Crippen LogP contribution < -0.4 is 14.8 Å². The Bertz CT molecular complexity index is 1270. The van der Waals surface area contributed by atoms with Gasteiger partial charge in [0.1, 0.15) is 4.66 Å². The number of thiazole rings is 1. The third-order valence-corrected chi connectivity index (χ3v) is 5.62. The lowest BCUT2D eigenvalue weighted by atomic mass is 10.1. The third kappa shape index (κ3) is 5.71. The Hall–Kier alpha value is -3.16. The molecule has 0 bridgehead atoms.